The molecule has 2 aromatic carbocycles. The lowest BCUT2D eigenvalue weighted by molar-refractivity contribution is 0.108. The van der Waals surface area contributed by atoms with E-state index >= 15 is 0 Å². The van der Waals surface area contributed by atoms with Gasteiger partial charge in [0.25, 0.3) is 0 Å². The molecule has 3 atom stereocenters. The summed E-state index contributed by atoms with van der Waals surface area (Å²) in [5.74, 6) is 0. The van der Waals surface area contributed by atoms with Crippen molar-refractivity contribution in [2.24, 2.45) is 0 Å². The molecular weight excluding hydrogens is 282 g/mol. The van der Waals surface area contributed by atoms with Gasteiger partial charge in [-0.25, -0.2) is 0 Å². The van der Waals surface area contributed by atoms with Gasteiger partial charge in [0, 0.05) is 12.1 Å². The Kier molecular flexibility index (Phi) is 7.31. The number of hydrogen-bond acceptors (Lipinski definition) is 2. The van der Waals surface area contributed by atoms with Gasteiger partial charge in [0.2, 0.25) is 0 Å². The summed E-state index contributed by atoms with van der Waals surface area (Å²) in [5.41, 5.74) is 2.59. The molecule has 0 aliphatic heterocycles. The van der Waals surface area contributed by atoms with Gasteiger partial charge in [0.15, 0.2) is 0 Å². The zero-order valence-electron chi connectivity index (χ0n) is 14.3. The first-order valence-corrected chi connectivity index (χ1v) is 8.77. The van der Waals surface area contributed by atoms with E-state index in [-0.39, 0.29) is 18.2 Å². The lowest BCUT2D eigenvalue weighted by Gasteiger charge is -2.29. The number of rotatable bonds is 9. The van der Waals surface area contributed by atoms with Crippen molar-refractivity contribution in [3.63, 3.8) is 0 Å². The Hall–Kier alpha value is -1.64. The zero-order chi connectivity index (χ0) is 16.5. The maximum atomic E-state index is 10.4. The smallest absolute Gasteiger partial charge is 0.0693 e. The lowest BCUT2D eigenvalue weighted by Crippen LogP contribution is -2.42. The van der Waals surface area contributed by atoms with Crippen molar-refractivity contribution in [3.8, 4) is 0 Å². The Balaban J connectivity index is 2.16. The van der Waals surface area contributed by atoms with Crippen molar-refractivity contribution in [3.05, 3.63) is 71.8 Å². The largest absolute Gasteiger partial charge is 0.392 e. The van der Waals surface area contributed by atoms with Crippen LogP contribution in [-0.4, -0.2) is 17.3 Å². The molecule has 0 fully saturated rings. The SMILES string of the molecule is CCC[C@H](O)[C@H](CC)N[C@@H](Cc1ccccc1)c1ccccc1. The Morgan fingerprint density at radius 2 is 1.52 bits per heavy atom. The maximum absolute atomic E-state index is 10.4. The molecule has 0 amide bonds. The van der Waals surface area contributed by atoms with Crippen LogP contribution in [-0.2, 0) is 6.42 Å². The van der Waals surface area contributed by atoms with Crippen LogP contribution in [0.4, 0.5) is 0 Å². The van der Waals surface area contributed by atoms with Crippen LogP contribution < -0.4 is 5.32 Å². The van der Waals surface area contributed by atoms with Gasteiger partial charge in [-0.1, -0.05) is 80.9 Å². The second-order valence-electron chi connectivity index (χ2n) is 6.19. The standard InChI is InChI=1S/C21H29NO/c1-3-11-21(23)19(4-2)22-20(18-14-9-6-10-15-18)16-17-12-7-5-8-13-17/h5-10,12-15,19-23H,3-4,11,16H2,1-2H3/t19-,20-,21-/m0/s1. The van der Waals surface area contributed by atoms with E-state index in [1.807, 2.05) is 12.1 Å². The normalized spacial score (nSPS) is 15.1. The third kappa shape index (κ3) is 5.49. The predicted octanol–water partition coefficient (Wildman–Crippen LogP) is 4.50. The summed E-state index contributed by atoms with van der Waals surface area (Å²) < 4.78 is 0. The molecule has 0 radical (unpaired) electrons. The third-order valence-electron chi connectivity index (χ3n) is 4.39. The molecule has 0 aromatic heterocycles. The van der Waals surface area contributed by atoms with Gasteiger partial charge >= 0.3 is 0 Å². The minimum Gasteiger partial charge on any atom is -0.392 e. The molecule has 0 aliphatic carbocycles. The Morgan fingerprint density at radius 1 is 0.913 bits per heavy atom. The van der Waals surface area contributed by atoms with Crippen LogP contribution in [0.25, 0.3) is 0 Å². The molecule has 0 saturated heterocycles. The van der Waals surface area contributed by atoms with Crippen LogP contribution in [0.5, 0.6) is 0 Å². The van der Waals surface area contributed by atoms with Gasteiger partial charge in [-0.15, -0.1) is 0 Å². The number of aliphatic hydroxyl groups excluding tert-OH is 1. The van der Waals surface area contributed by atoms with E-state index in [4.69, 9.17) is 0 Å². The predicted molar refractivity (Wildman–Crippen MR) is 97.5 cm³/mol. The molecule has 0 unspecified atom stereocenters. The summed E-state index contributed by atoms with van der Waals surface area (Å²) in [6.07, 6.45) is 3.43. The zero-order valence-corrected chi connectivity index (χ0v) is 14.3. The first-order valence-electron chi connectivity index (χ1n) is 8.77. The van der Waals surface area contributed by atoms with E-state index in [1.165, 1.54) is 11.1 Å². The molecule has 124 valence electrons. The second kappa shape index (κ2) is 9.49. The summed E-state index contributed by atoms with van der Waals surface area (Å²) in [6, 6.07) is 21.4. The monoisotopic (exact) mass is 311 g/mol. The van der Waals surface area contributed by atoms with E-state index in [9.17, 15) is 5.11 Å². The molecule has 0 aliphatic rings. The highest BCUT2D eigenvalue weighted by molar-refractivity contribution is 5.24. The molecule has 2 N–H and O–H groups in total. The fraction of sp³-hybridized carbons (Fsp3) is 0.429. The van der Waals surface area contributed by atoms with E-state index < -0.39 is 0 Å². The van der Waals surface area contributed by atoms with Crippen LogP contribution >= 0.6 is 0 Å². The molecule has 0 bridgehead atoms. The van der Waals surface area contributed by atoms with Gasteiger partial charge in [0.1, 0.15) is 0 Å². The Labute approximate surface area is 140 Å². The molecule has 2 rings (SSSR count). The first kappa shape index (κ1) is 17.7. The van der Waals surface area contributed by atoms with Crippen molar-refractivity contribution in [2.75, 3.05) is 0 Å². The summed E-state index contributed by atoms with van der Waals surface area (Å²) in [4.78, 5) is 0. The van der Waals surface area contributed by atoms with Crippen LogP contribution in [0.15, 0.2) is 60.7 Å². The molecule has 2 aromatic rings. The topological polar surface area (TPSA) is 32.3 Å². The van der Waals surface area contributed by atoms with E-state index in [0.717, 1.165) is 25.7 Å². The van der Waals surface area contributed by atoms with E-state index in [0.29, 0.717) is 0 Å². The van der Waals surface area contributed by atoms with Crippen LogP contribution in [0.3, 0.4) is 0 Å². The third-order valence-corrected chi connectivity index (χ3v) is 4.39. The van der Waals surface area contributed by atoms with Gasteiger partial charge < -0.3 is 10.4 Å². The summed E-state index contributed by atoms with van der Waals surface area (Å²) in [5, 5.41) is 14.1. The number of aliphatic hydroxyl groups is 1. The molecule has 0 spiro atoms. The molecule has 0 heterocycles. The highest BCUT2D eigenvalue weighted by Crippen LogP contribution is 2.21. The van der Waals surface area contributed by atoms with Gasteiger partial charge in [-0.2, -0.15) is 0 Å². The Morgan fingerprint density at radius 3 is 2.09 bits per heavy atom. The number of benzene rings is 2. The molecule has 2 heteroatoms. The average molecular weight is 311 g/mol. The van der Waals surface area contributed by atoms with Crippen molar-refractivity contribution in [1.29, 1.82) is 0 Å². The summed E-state index contributed by atoms with van der Waals surface area (Å²) in [7, 11) is 0. The average Bonchev–Trinajstić information content (AvgIpc) is 2.60. The van der Waals surface area contributed by atoms with Crippen molar-refractivity contribution in [1.82, 2.24) is 5.32 Å². The van der Waals surface area contributed by atoms with E-state index in [2.05, 4.69) is 67.7 Å². The van der Waals surface area contributed by atoms with Crippen molar-refractivity contribution < 1.29 is 5.11 Å². The first-order chi connectivity index (χ1) is 11.2. The fourth-order valence-corrected chi connectivity index (χ4v) is 3.06. The minimum atomic E-state index is -0.285. The molecule has 2 nitrogen and oxygen atoms in total. The maximum Gasteiger partial charge on any atom is 0.0693 e. The number of hydrogen-bond donors (Lipinski definition) is 2. The highest BCUT2D eigenvalue weighted by Gasteiger charge is 2.21. The van der Waals surface area contributed by atoms with Gasteiger partial charge in [-0.3, -0.25) is 0 Å². The van der Waals surface area contributed by atoms with Crippen molar-refractivity contribution in [2.45, 2.75) is 57.7 Å². The molecule has 0 saturated carbocycles. The molecular formula is C21H29NO. The molecule has 23 heavy (non-hydrogen) atoms. The fourth-order valence-electron chi connectivity index (χ4n) is 3.06. The minimum absolute atomic E-state index is 0.129. The quantitative estimate of drug-likeness (QED) is 0.714. The van der Waals surface area contributed by atoms with Crippen LogP contribution in [0, 0.1) is 0 Å². The number of nitrogens with one attached hydrogen (secondary N) is 1. The van der Waals surface area contributed by atoms with Crippen molar-refractivity contribution >= 4 is 0 Å². The van der Waals surface area contributed by atoms with E-state index in [1.54, 1.807) is 0 Å². The van der Waals surface area contributed by atoms with Gasteiger partial charge in [-0.05, 0) is 30.4 Å². The summed E-state index contributed by atoms with van der Waals surface area (Å²) in [6.45, 7) is 4.26. The lowest BCUT2D eigenvalue weighted by atomic mass is 9.95. The van der Waals surface area contributed by atoms with Crippen LogP contribution in [0.1, 0.15) is 50.3 Å². The van der Waals surface area contributed by atoms with Gasteiger partial charge in [0.05, 0.1) is 6.10 Å². The highest BCUT2D eigenvalue weighted by atomic mass is 16.3. The second-order valence-corrected chi connectivity index (χ2v) is 6.19. The van der Waals surface area contributed by atoms with Crippen LogP contribution in [0.2, 0.25) is 0 Å². The summed E-state index contributed by atoms with van der Waals surface area (Å²) >= 11 is 0. The Bertz CT molecular complexity index is 540.